The first-order valence-corrected chi connectivity index (χ1v) is 5.72. The number of thioether (sulfide) groups is 1. The molecule has 0 saturated heterocycles. The fraction of sp³-hybridized carbons (Fsp3) is 0.889. The average Bonchev–Trinajstić information content (AvgIpc) is 2.00. The Hall–Kier alpha value is -0.180. The number of hydrogen-bond acceptors (Lipinski definition) is 3. The number of nitrogens with two attached hydrogens (primary N) is 1. The third kappa shape index (κ3) is 1.94. The summed E-state index contributed by atoms with van der Waals surface area (Å²) in [6.45, 7) is 0. The minimum atomic E-state index is 0.552. The number of aliphatic imine (C=N–C) groups is 1. The molecule has 1 heterocycles. The summed E-state index contributed by atoms with van der Waals surface area (Å²) < 4.78 is 0. The molecule has 2 unspecified atom stereocenters. The van der Waals surface area contributed by atoms with E-state index < -0.39 is 0 Å². The molecule has 1 aliphatic heterocycles. The minimum absolute atomic E-state index is 0.552. The molecule has 0 aromatic heterocycles. The van der Waals surface area contributed by atoms with Crippen LogP contribution in [0.15, 0.2) is 4.99 Å². The molecule has 1 aliphatic carbocycles. The summed E-state index contributed by atoms with van der Waals surface area (Å²) >= 11 is 1.79. The van der Waals surface area contributed by atoms with E-state index in [0.29, 0.717) is 6.04 Å². The van der Waals surface area contributed by atoms with Gasteiger partial charge in [0.1, 0.15) is 0 Å². The average molecular weight is 184 g/mol. The number of amidine groups is 1. The maximum absolute atomic E-state index is 5.76. The molecule has 0 amide bonds. The van der Waals surface area contributed by atoms with Crippen LogP contribution in [0.2, 0.25) is 0 Å². The van der Waals surface area contributed by atoms with E-state index in [1.165, 1.54) is 38.5 Å². The summed E-state index contributed by atoms with van der Waals surface area (Å²) in [4.78, 5) is 4.46. The van der Waals surface area contributed by atoms with E-state index in [2.05, 4.69) is 4.99 Å². The zero-order valence-corrected chi connectivity index (χ0v) is 8.15. The molecule has 1 saturated carbocycles. The molecule has 2 N–H and O–H groups in total. The van der Waals surface area contributed by atoms with Gasteiger partial charge in [0, 0.05) is 5.25 Å². The number of rotatable bonds is 0. The van der Waals surface area contributed by atoms with Gasteiger partial charge < -0.3 is 5.73 Å². The van der Waals surface area contributed by atoms with E-state index >= 15 is 0 Å². The Labute approximate surface area is 78.0 Å². The van der Waals surface area contributed by atoms with Gasteiger partial charge in [-0.15, -0.1) is 0 Å². The summed E-state index contributed by atoms with van der Waals surface area (Å²) in [5.41, 5.74) is 5.76. The highest BCUT2D eigenvalue weighted by Crippen LogP contribution is 2.32. The molecule has 0 spiro atoms. The van der Waals surface area contributed by atoms with Crippen molar-refractivity contribution in [1.29, 1.82) is 0 Å². The van der Waals surface area contributed by atoms with Gasteiger partial charge in [-0.1, -0.05) is 31.0 Å². The zero-order chi connectivity index (χ0) is 8.39. The van der Waals surface area contributed by atoms with Gasteiger partial charge >= 0.3 is 0 Å². The van der Waals surface area contributed by atoms with E-state index in [1.54, 1.807) is 11.8 Å². The molecular formula is C9H16N2S. The largest absolute Gasteiger partial charge is 0.379 e. The SMILES string of the molecule is NC1=NC2CCCCCC(C2)S1. The van der Waals surface area contributed by atoms with Crippen LogP contribution in [0.25, 0.3) is 0 Å². The van der Waals surface area contributed by atoms with Crippen molar-refractivity contribution in [1.82, 2.24) is 0 Å². The van der Waals surface area contributed by atoms with Crippen LogP contribution in [-0.4, -0.2) is 16.5 Å². The van der Waals surface area contributed by atoms with Crippen molar-refractivity contribution in [2.45, 2.75) is 49.8 Å². The van der Waals surface area contributed by atoms with Crippen molar-refractivity contribution >= 4 is 16.9 Å². The number of nitrogens with zero attached hydrogens (tertiary/aromatic N) is 1. The first-order valence-electron chi connectivity index (χ1n) is 4.84. The van der Waals surface area contributed by atoms with Crippen molar-refractivity contribution in [2.75, 3.05) is 0 Å². The maximum atomic E-state index is 5.76. The molecule has 3 heteroatoms. The van der Waals surface area contributed by atoms with Gasteiger partial charge in [0.25, 0.3) is 0 Å². The van der Waals surface area contributed by atoms with Crippen LogP contribution >= 0.6 is 11.8 Å². The first-order chi connectivity index (χ1) is 5.84. The van der Waals surface area contributed by atoms with Gasteiger partial charge in [-0.3, -0.25) is 4.99 Å². The predicted molar refractivity (Wildman–Crippen MR) is 54.5 cm³/mol. The highest BCUT2D eigenvalue weighted by Gasteiger charge is 2.24. The van der Waals surface area contributed by atoms with Gasteiger partial charge in [-0.2, -0.15) is 0 Å². The van der Waals surface area contributed by atoms with Crippen LogP contribution in [0.4, 0.5) is 0 Å². The second-order valence-corrected chi connectivity index (χ2v) is 5.06. The fourth-order valence-corrected chi connectivity index (χ4v) is 3.23. The highest BCUT2D eigenvalue weighted by atomic mass is 32.2. The van der Waals surface area contributed by atoms with Crippen LogP contribution < -0.4 is 5.73 Å². The van der Waals surface area contributed by atoms with Crippen LogP contribution in [-0.2, 0) is 0 Å². The standard InChI is InChI=1S/C9H16N2S/c10-9-11-7-4-2-1-3-5-8(6-7)12-9/h7-8H,1-6H2,(H2,10,11). The van der Waals surface area contributed by atoms with Crippen molar-refractivity contribution in [3.05, 3.63) is 0 Å². The Kier molecular flexibility index (Phi) is 2.59. The zero-order valence-electron chi connectivity index (χ0n) is 7.33. The molecule has 2 aliphatic rings. The molecule has 0 radical (unpaired) electrons. The molecule has 2 bridgehead atoms. The highest BCUT2D eigenvalue weighted by molar-refractivity contribution is 8.14. The Balaban J connectivity index is 2.05. The molecular weight excluding hydrogens is 168 g/mol. The predicted octanol–water partition coefficient (Wildman–Crippen LogP) is 2.14. The lowest BCUT2D eigenvalue weighted by molar-refractivity contribution is 0.460. The lowest BCUT2D eigenvalue weighted by atomic mass is 9.97. The minimum Gasteiger partial charge on any atom is -0.379 e. The summed E-state index contributed by atoms with van der Waals surface area (Å²) in [5, 5.41) is 1.60. The quantitative estimate of drug-likeness (QED) is 0.626. The van der Waals surface area contributed by atoms with Gasteiger partial charge in [0.2, 0.25) is 0 Å². The number of hydrogen-bond donors (Lipinski definition) is 1. The Morgan fingerprint density at radius 3 is 3.00 bits per heavy atom. The number of fused-ring (bicyclic) bond motifs is 2. The molecule has 1 fully saturated rings. The van der Waals surface area contributed by atoms with Crippen molar-refractivity contribution in [3.8, 4) is 0 Å². The summed E-state index contributed by atoms with van der Waals surface area (Å²) in [5.74, 6) is 0. The smallest absolute Gasteiger partial charge is 0.154 e. The van der Waals surface area contributed by atoms with Gasteiger partial charge in [-0.25, -0.2) is 0 Å². The molecule has 68 valence electrons. The van der Waals surface area contributed by atoms with Crippen molar-refractivity contribution in [2.24, 2.45) is 10.7 Å². The molecule has 0 aromatic carbocycles. The van der Waals surface area contributed by atoms with Crippen LogP contribution in [0.3, 0.4) is 0 Å². The topological polar surface area (TPSA) is 38.4 Å². The molecule has 12 heavy (non-hydrogen) atoms. The normalized spacial score (nSPS) is 36.5. The monoisotopic (exact) mass is 184 g/mol. The third-order valence-corrected chi connectivity index (χ3v) is 3.80. The van der Waals surface area contributed by atoms with E-state index in [9.17, 15) is 0 Å². The van der Waals surface area contributed by atoms with Crippen LogP contribution in [0.1, 0.15) is 38.5 Å². The summed E-state index contributed by atoms with van der Waals surface area (Å²) in [7, 11) is 0. The molecule has 2 atom stereocenters. The summed E-state index contributed by atoms with van der Waals surface area (Å²) in [6.07, 6.45) is 8.00. The van der Waals surface area contributed by atoms with Gasteiger partial charge in [0.05, 0.1) is 6.04 Å². The van der Waals surface area contributed by atoms with E-state index in [0.717, 1.165) is 10.4 Å². The van der Waals surface area contributed by atoms with E-state index in [-0.39, 0.29) is 0 Å². The van der Waals surface area contributed by atoms with Crippen LogP contribution in [0.5, 0.6) is 0 Å². The van der Waals surface area contributed by atoms with Crippen LogP contribution in [0, 0.1) is 0 Å². The first kappa shape index (κ1) is 8.42. The fourth-order valence-electron chi connectivity index (χ4n) is 2.07. The van der Waals surface area contributed by atoms with Crippen molar-refractivity contribution in [3.63, 3.8) is 0 Å². The molecule has 2 nitrogen and oxygen atoms in total. The second kappa shape index (κ2) is 3.69. The Morgan fingerprint density at radius 1 is 1.25 bits per heavy atom. The van der Waals surface area contributed by atoms with Gasteiger partial charge in [-0.05, 0) is 19.3 Å². The summed E-state index contributed by atoms with van der Waals surface area (Å²) in [6, 6.07) is 0.552. The lowest BCUT2D eigenvalue weighted by Gasteiger charge is -2.27. The Morgan fingerprint density at radius 2 is 2.08 bits per heavy atom. The van der Waals surface area contributed by atoms with Crippen molar-refractivity contribution < 1.29 is 0 Å². The molecule has 2 rings (SSSR count). The third-order valence-electron chi connectivity index (χ3n) is 2.70. The molecule has 0 aromatic rings. The van der Waals surface area contributed by atoms with E-state index in [1.807, 2.05) is 0 Å². The maximum Gasteiger partial charge on any atom is 0.154 e. The van der Waals surface area contributed by atoms with E-state index in [4.69, 9.17) is 5.73 Å². The second-order valence-electron chi connectivity index (χ2n) is 3.73. The lowest BCUT2D eigenvalue weighted by Crippen LogP contribution is -2.27. The van der Waals surface area contributed by atoms with Gasteiger partial charge in [0.15, 0.2) is 5.17 Å². The Bertz CT molecular complexity index is 191.